The van der Waals surface area contributed by atoms with Gasteiger partial charge < -0.3 is 4.90 Å². The summed E-state index contributed by atoms with van der Waals surface area (Å²) in [7, 11) is 0. The minimum atomic E-state index is 1.16. The summed E-state index contributed by atoms with van der Waals surface area (Å²) in [6.07, 6.45) is 9.46. The SMILES string of the molecule is Cc1ccccc1N1C=CC=CN=C1. The van der Waals surface area contributed by atoms with Gasteiger partial charge in [0.25, 0.3) is 0 Å². The first-order valence-electron chi connectivity index (χ1n) is 4.58. The predicted octanol–water partition coefficient (Wildman–Crippen LogP) is 2.87. The van der Waals surface area contributed by atoms with Gasteiger partial charge in [-0.3, -0.25) is 0 Å². The van der Waals surface area contributed by atoms with Crippen molar-refractivity contribution in [2.45, 2.75) is 6.92 Å². The number of hydrogen-bond acceptors (Lipinski definition) is 2. The third-order valence-electron chi connectivity index (χ3n) is 2.11. The second-order valence-electron chi connectivity index (χ2n) is 3.14. The normalized spacial score (nSPS) is 14.5. The molecular weight excluding hydrogens is 172 g/mol. The van der Waals surface area contributed by atoms with Crippen LogP contribution in [0.3, 0.4) is 0 Å². The van der Waals surface area contributed by atoms with Crippen molar-refractivity contribution in [3.63, 3.8) is 0 Å². The fourth-order valence-electron chi connectivity index (χ4n) is 1.39. The second kappa shape index (κ2) is 3.92. The summed E-state index contributed by atoms with van der Waals surface area (Å²) in [6, 6.07) is 8.24. The quantitative estimate of drug-likeness (QED) is 0.655. The van der Waals surface area contributed by atoms with Gasteiger partial charge in [0.2, 0.25) is 0 Å². The molecule has 0 N–H and O–H groups in total. The molecule has 1 aromatic carbocycles. The average Bonchev–Trinajstić information content (AvgIpc) is 2.47. The molecule has 1 aliphatic heterocycles. The monoisotopic (exact) mass is 184 g/mol. The van der Waals surface area contributed by atoms with Gasteiger partial charge in [-0.15, -0.1) is 0 Å². The zero-order valence-corrected chi connectivity index (χ0v) is 8.09. The summed E-state index contributed by atoms with van der Waals surface area (Å²) in [5.41, 5.74) is 2.40. The van der Waals surface area contributed by atoms with Gasteiger partial charge in [-0.05, 0) is 30.7 Å². The number of hydrogen-bond donors (Lipinski definition) is 0. The van der Waals surface area contributed by atoms with Crippen LogP contribution in [0.5, 0.6) is 0 Å². The highest BCUT2D eigenvalue weighted by Crippen LogP contribution is 2.18. The zero-order valence-electron chi connectivity index (χ0n) is 8.09. The van der Waals surface area contributed by atoms with Crippen LogP contribution in [0.15, 0.2) is 53.8 Å². The van der Waals surface area contributed by atoms with Crippen molar-refractivity contribution in [2.75, 3.05) is 4.90 Å². The minimum absolute atomic E-state index is 1.16. The number of aryl methyl sites for hydroxylation is 1. The summed E-state index contributed by atoms with van der Waals surface area (Å²) >= 11 is 0. The molecule has 2 rings (SSSR count). The van der Waals surface area contributed by atoms with Crippen LogP contribution in [0.2, 0.25) is 0 Å². The lowest BCUT2D eigenvalue weighted by atomic mass is 10.2. The van der Waals surface area contributed by atoms with Crippen molar-refractivity contribution in [3.8, 4) is 0 Å². The van der Waals surface area contributed by atoms with Crippen molar-refractivity contribution in [1.29, 1.82) is 0 Å². The highest BCUT2D eigenvalue weighted by molar-refractivity contribution is 5.83. The summed E-state index contributed by atoms with van der Waals surface area (Å²) in [5.74, 6) is 0. The van der Waals surface area contributed by atoms with Crippen LogP contribution in [0.1, 0.15) is 5.56 Å². The summed E-state index contributed by atoms with van der Waals surface area (Å²) < 4.78 is 0. The highest BCUT2D eigenvalue weighted by atomic mass is 15.1. The van der Waals surface area contributed by atoms with E-state index in [-0.39, 0.29) is 0 Å². The Bertz CT molecular complexity index is 387. The molecule has 1 aliphatic rings. The lowest BCUT2D eigenvalue weighted by molar-refractivity contribution is 1.32. The van der Waals surface area contributed by atoms with Gasteiger partial charge in [-0.2, -0.15) is 0 Å². The first-order valence-corrected chi connectivity index (χ1v) is 4.58. The smallest absolute Gasteiger partial charge is 0.0990 e. The molecule has 2 nitrogen and oxygen atoms in total. The molecule has 0 amide bonds. The first-order chi connectivity index (χ1) is 6.88. The van der Waals surface area contributed by atoms with Gasteiger partial charge in [0.15, 0.2) is 0 Å². The Kier molecular flexibility index (Phi) is 2.45. The number of allylic oxidation sites excluding steroid dienone is 2. The van der Waals surface area contributed by atoms with Crippen molar-refractivity contribution in [3.05, 3.63) is 54.4 Å². The molecule has 0 bridgehead atoms. The van der Waals surface area contributed by atoms with E-state index in [4.69, 9.17) is 0 Å². The largest absolute Gasteiger partial charge is 0.308 e. The molecule has 1 heterocycles. The number of nitrogens with zero attached hydrogens (tertiary/aromatic N) is 2. The maximum absolute atomic E-state index is 4.13. The van der Waals surface area contributed by atoms with Crippen molar-refractivity contribution in [1.82, 2.24) is 0 Å². The van der Waals surface area contributed by atoms with Gasteiger partial charge >= 0.3 is 0 Å². The summed E-state index contributed by atoms with van der Waals surface area (Å²) in [4.78, 5) is 6.14. The van der Waals surface area contributed by atoms with Gasteiger partial charge in [0.1, 0.15) is 0 Å². The van der Waals surface area contributed by atoms with E-state index < -0.39 is 0 Å². The molecule has 0 aromatic heterocycles. The van der Waals surface area contributed by atoms with E-state index in [0.717, 1.165) is 5.69 Å². The molecule has 2 heteroatoms. The Morgan fingerprint density at radius 1 is 1.14 bits per heavy atom. The maximum atomic E-state index is 4.13. The molecule has 70 valence electrons. The van der Waals surface area contributed by atoms with Crippen molar-refractivity contribution in [2.24, 2.45) is 4.99 Å². The van der Waals surface area contributed by atoms with Gasteiger partial charge in [0.05, 0.1) is 6.34 Å². The Morgan fingerprint density at radius 2 is 2.00 bits per heavy atom. The van der Waals surface area contributed by atoms with Crippen molar-refractivity contribution < 1.29 is 0 Å². The number of para-hydroxylation sites is 1. The highest BCUT2D eigenvalue weighted by Gasteiger charge is 2.02. The van der Waals surface area contributed by atoms with E-state index in [1.165, 1.54) is 5.56 Å². The zero-order chi connectivity index (χ0) is 9.80. The van der Waals surface area contributed by atoms with E-state index in [9.17, 15) is 0 Å². The third-order valence-corrected chi connectivity index (χ3v) is 2.11. The van der Waals surface area contributed by atoms with Crippen LogP contribution in [0.25, 0.3) is 0 Å². The lowest BCUT2D eigenvalue weighted by Crippen LogP contribution is -2.13. The number of anilines is 1. The third kappa shape index (κ3) is 1.74. The van der Waals surface area contributed by atoms with Gasteiger partial charge in [0, 0.05) is 18.1 Å². The molecule has 0 aliphatic carbocycles. The molecule has 0 fully saturated rings. The molecule has 0 atom stereocenters. The standard InChI is InChI=1S/C12H12N2/c1-11-6-2-3-7-12(11)14-9-5-4-8-13-10-14/h2-10H,1H3. The van der Waals surface area contributed by atoms with E-state index in [2.05, 4.69) is 24.0 Å². The number of benzene rings is 1. The number of aliphatic imine (C=N–C) groups is 1. The molecular formula is C12H12N2. The molecule has 0 saturated carbocycles. The summed E-state index contributed by atoms with van der Waals surface area (Å²) in [6.45, 7) is 2.09. The topological polar surface area (TPSA) is 15.6 Å². The Hall–Kier alpha value is -1.83. The van der Waals surface area contributed by atoms with Crippen LogP contribution in [0.4, 0.5) is 5.69 Å². The molecule has 0 unspecified atom stereocenters. The minimum Gasteiger partial charge on any atom is -0.308 e. The summed E-state index contributed by atoms with van der Waals surface area (Å²) in [5, 5.41) is 0. The molecule has 0 radical (unpaired) electrons. The molecule has 14 heavy (non-hydrogen) atoms. The Labute approximate surface area is 83.9 Å². The van der Waals surface area contributed by atoms with E-state index in [1.807, 2.05) is 41.7 Å². The van der Waals surface area contributed by atoms with Crippen LogP contribution >= 0.6 is 0 Å². The van der Waals surface area contributed by atoms with Gasteiger partial charge in [-0.1, -0.05) is 18.2 Å². The van der Waals surface area contributed by atoms with E-state index in [1.54, 1.807) is 6.20 Å². The van der Waals surface area contributed by atoms with Crippen LogP contribution < -0.4 is 4.90 Å². The average molecular weight is 184 g/mol. The van der Waals surface area contributed by atoms with Crippen molar-refractivity contribution >= 4 is 12.0 Å². The second-order valence-corrected chi connectivity index (χ2v) is 3.14. The van der Waals surface area contributed by atoms with Crippen LogP contribution in [-0.4, -0.2) is 6.34 Å². The molecule has 1 aromatic rings. The fraction of sp³-hybridized carbons (Fsp3) is 0.0833. The van der Waals surface area contributed by atoms with Crippen LogP contribution in [0, 0.1) is 6.92 Å². The fourth-order valence-corrected chi connectivity index (χ4v) is 1.39. The maximum Gasteiger partial charge on any atom is 0.0990 e. The number of rotatable bonds is 1. The lowest BCUT2D eigenvalue weighted by Gasteiger charge is -2.15. The first kappa shape index (κ1) is 8.75. The Balaban J connectivity index is 2.36. The predicted molar refractivity (Wildman–Crippen MR) is 60.4 cm³/mol. The Morgan fingerprint density at radius 3 is 2.86 bits per heavy atom. The van der Waals surface area contributed by atoms with E-state index in [0.29, 0.717) is 0 Å². The van der Waals surface area contributed by atoms with Gasteiger partial charge in [-0.25, -0.2) is 4.99 Å². The van der Waals surface area contributed by atoms with Crippen LogP contribution in [-0.2, 0) is 0 Å². The molecule has 0 saturated heterocycles. The molecule has 0 spiro atoms. The van der Waals surface area contributed by atoms with E-state index >= 15 is 0 Å².